The second-order valence-corrected chi connectivity index (χ2v) is 7.17. The average Bonchev–Trinajstić information content (AvgIpc) is 3.16. The number of fused-ring (bicyclic) bond motifs is 1. The Kier molecular flexibility index (Phi) is 5.27. The fourth-order valence-electron chi connectivity index (χ4n) is 4.09. The van der Waals surface area contributed by atoms with Gasteiger partial charge in [-0.25, -0.2) is 8.78 Å². The lowest BCUT2D eigenvalue weighted by Gasteiger charge is -2.36. The van der Waals surface area contributed by atoms with Crippen LogP contribution in [-0.4, -0.2) is 21.7 Å². The monoisotopic (exact) mass is 407 g/mol. The smallest absolute Gasteiger partial charge is 0.255 e. The van der Waals surface area contributed by atoms with Gasteiger partial charge in [-0.1, -0.05) is 30.3 Å². The van der Waals surface area contributed by atoms with E-state index in [0.717, 1.165) is 6.07 Å². The lowest BCUT2D eigenvalue weighted by atomic mass is 9.98. The van der Waals surface area contributed by atoms with Crippen LogP contribution in [0.3, 0.4) is 0 Å². The highest BCUT2D eigenvalue weighted by atomic mass is 19.1. The molecule has 2 amide bonds. The number of hydrogen-bond acceptors (Lipinski definition) is 3. The molecule has 152 valence electrons. The maximum atomic E-state index is 14.4. The first-order valence-corrected chi connectivity index (χ1v) is 9.52. The topological polar surface area (TPSA) is 76.3 Å². The van der Waals surface area contributed by atoms with Gasteiger partial charge in [0.15, 0.2) is 0 Å². The third kappa shape index (κ3) is 3.54. The van der Waals surface area contributed by atoms with E-state index in [1.807, 2.05) is 0 Å². The van der Waals surface area contributed by atoms with Crippen LogP contribution in [-0.2, 0) is 11.2 Å². The van der Waals surface area contributed by atoms with E-state index < -0.39 is 35.5 Å². The van der Waals surface area contributed by atoms with Crippen LogP contribution in [0.15, 0.2) is 67.0 Å². The van der Waals surface area contributed by atoms with Crippen molar-refractivity contribution >= 4 is 11.8 Å². The Morgan fingerprint density at radius 1 is 1.07 bits per heavy atom. The minimum atomic E-state index is -1.10. The molecule has 0 bridgehead atoms. The van der Waals surface area contributed by atoms with Gasteiger partial charge < -0.3 is 10.6 Å². The van der Waals surface area contributed by atoms with Gasteiger partial charge in [0.2, 0.25) is 5.91 Å². The largest absolute Gasteiger partial charge is 0.368 e. The average molecular weight is 407 g/mol. The Morgan fingerprint density at radius 3 is 2.43 bits per heavy atom. The van der Waals surface area contributed by atoms with Gasteiger partial charge in [-0.05, 0) is 47.7 Å². The first-order chi connectivity index (χ1) is 14.5. The van der Waals surface area contributed by atoms with Crippen molar-refractivity contribution in [2.24, 2.45) is 5.73 Å². The van der Waals surface area contributed by atoms with Crippen LogP contribution in [0.5, 0.6) is 0 Å². The summed E-state index contributed by atoms with van der Waals surface area (Å²) in [6.07, 6.45) is 3.61. The van der Waals surface area contributed by atoms with E-state index in [1.54, 1.807) is 30.3 Å². The van der Waals surface area contributed by atoms with Gasteiger partial charge in [0.25, 0.3) is 5.91 Å². The van der Waals surface area contributed by atoms with Crippen molar-refractivity contribution in [3.05, 3.63) is 101 Å². The molecule has 30 heavy (non-hydrogen) atoms. The van der Waals surface area contributed by atoms with E-state index >= 15 is 0 Å². The highest BCUT2D eigenvalue weighted by molar-refractivity contribution is 5.98. The molecule has 0 radical (unpaired) electrons. The Hall–Kier alpha value is -3.61. The highest BCUT2D eigenvalue weighted by Gasteiger charge is 2.40. The molecule has 2 aromatic carbocycles. The molecule has 0 spiro atoms. The molecular formula is C23H19F2N3O2. The fourth-order valence-corrected chi connectivity index (χ4v) is 4.09. The first-order valence-electron chi connectivity index (χ1n) is 9.52. The maximum absolute atomic E-state index is 14.4. The predicted octanol–water partition coefficient (Wildman–Crippen LogP) is 3.72. The van der Waals surface area contributed by atoms with E-state index in [9.17, 15) is 18.4 Å². The molecule has 4 rings (SSSR count). The van der Waals surface area contributed by atoms with Crippen LogP contribution < -0.4 is 5.73 Å². The van der Waals surface area contributed by atoms with Crippen molar-refractivity contribution in [2.45, 2.75) is 24.9 Å². The number of pyridine rings is 1. The molecule has 1 aliphatic carbocycles. The van der Waals surface area contributed by atoms with E-state index in [-0.39, 0.29) is 0 Å². The molecule has 0 aliphatic heterocycles. The zero-order valence-electron chi connectivity index (χ0n) is 16.0. The summed E-state index contributed by atoms with van der Waals surface area (Å²) in [5.74, 6) is -2.58. The maximum Gasteiger partial charge on any atom is 0.255 e. The van der Waals surface area contributed by atoms with Crippen LogP contribution in [0, 0.1) is 11.6 Å². The Labute approximate surface area is 172 Å². The Morgan fingerprint density at radius 2 is 1.77 bits per heavy atom. The Bertz CT molecular complexity index is 1090. The van der Waals surface area contributed by atoms with Crippen molar-refractivity contribution in [1.82, 2.24) is 9.88 Å². The van der Waals surface area contributed by atoms with Gasteiger partial charge in [0.1, 0.15) is 17.7 Å². The number of nitrogens with zero attached hydrogens (tertiary/aromatic N) is 2. The number of halogens is 2. The predicted molar refractivity (Wildman–Crippen MR) is 106 cm³/mol. The number of carbonyl (C=O) groups is 2. The molecule has 7 heteroatoms. The van der Waals surface area contributed by atoms with Crippen LogP contribution in [0.1, 0.15) is 45.6 Å². The third-order valence-corrected chi connectivity index (χ3v) is 5.38. The zero-order valence-corrected chi connectivity index (χ0v) is 16.0. The van der Waals surface area contributed by atoms with Crippen molar-refractivity contribution in [1.29, 1.82) is 0 Å². The van der Waals surface area contributed by atoms with Gasteiger partial charge in [-0.3, -0.25) is 14.6 Å². The molecule has 0 fully saturated rings. The Balaban J connectivity index is 1.88. The normalized spacial score (nSPS) is 16.0. The SMILES string of the molecule is NC(=O)C(c1ccccc1)N(C(=O)c1ccncc1)[C@@H]1CCc2c(F)cc(F)cc21. The summed E-state index contributed by atoms with van der Waals surface area (Å²) in [6.45, 7) is 0. The number of amides is 2. The summed E-state index contributed by atoms with van der Waals surface area (Å²) >= 11 is 0. The highest BCUT2D eigenvalue weighted by Crippen LogP contribution is 2.42. The van der Waals surface area contributed by atoms with Crippen LogP contribution in [0.2, 0.25) is 0 Å². The summed E-state index contributed by atoms with van der Waals surface area (Å²) < 4.78 is 28.4. The molecule has 5 nitrogen and oxygen atoms in total. The summed E-state index contributed by atoms with van der Waals surface area (Å²) in [6, 6.07) is 12.0. The molecular weight excluding hydrogens is 388 g/mol. The summed E-state index contributed by atoms with van der Waals surface area (Å²) in [4.78, 5) is 31.3. The molecule has 1 heterocycles. The molecule has 0 saturated carbocycles. The molecule has 1 aromatic heterocycles. The van der Waals surface area contributed by atoms with Crippen molar-refractivity contribution < 1.29 is 18.4 Å². The van der Waals surface area contributed by atoms with Gasteiger partial charge in [-0.15, -0.1) is 0 Å². The quantitative estimate of drug-likeness (QED) is 0.700. The number of rotatable bonds is 5. The molecule has 2 N–H and O–H groups in total. The second-order valence-electron chi connectivity index (χ2n) is 7.17. The van der Waals surface area contributed by atoms with E-state index in [1.165, 1.54) is 35.5 Å². The van der Waals surface area contributed by atoms with Crippen LogP contribution >= 0.6 is 0 Å². The molecule has 2 atom stereocenters. The number of aromatic nitrogens is 1. The van der Waals surface area contributed by atoms with Crippen LogP contribution in [0.25, 0.3) is 0 Å². The lowest BCUT2D eigenvalue weighted by Crippen LogP contribution is -2.43. The van der Waals surface area contributed by atoms with Gasteiger partial charge in [0.05, 0.1) is 6.04 Å². The van der Waals surface area contributed by atoms with Gasteiger partial charge >= 0.3 is 0 Å². The first kappa shape index (κ1) is 19.7. The number of hydrogen-bond donors (Lipinski definition) is 1. The van der Waals surface area contributed by atoms with E-state index in [2.05, 4.69) is 4.98 Å². The summed E-state index contributed by atoms with van der Waals surface area (Å²) in [5, 5.41) is 0. The van der Waals surface area contributed by atoms with Gasteiger partial charge in [-0.2, -0.15) is 0 Å². The molecule has 1 unspecified atom stereocenters. The minimum absolute atomic E-state index is 0.303. The van der Waals surface area contributed by atoms with Crippen molar-refractivity contribution in [3.63, 3.8) is 0 Å². The summed E-state index contributed by atoms with van der Waals surface area (Å²) in [7, 11) is 0. The van der Waals surface area contributed by atoms with Crippen molar-refractivity contribution in [3.8, 4) is 0 Å². The van der Waals surface area contributed by atoms with E-state index in [4.69, 9.17) is 5.73 Å². The molecule has 1 aliphatic rings. The number of carbonyl (C=O) groups excluding carboxylic acids is 2. The third-order valence-electron chi connectivity index (χ3n) is 5.38. The number of nitrogens with two attached hydrogens (primary N) is 1. The number of primary amides is 1. The fraction of sp³-hybridized carbons (Fsp3) is 0.174. The zero-order chi connectivity index (χ0) is 21.3. The van der Waals surface area contributed by atoms with E-state index in [0.29, 0.717) is 35.1 Å². The number of benzene rings is 2. The van der Waals surface area contributed by atoms with Gasteiger partial charge in [0, 0.05) is 24.0 Å². The van der Waals surface area contributed by atoms with Crippen molar-refractivity contribution in [2.75, 3.05) is 0 Å². The van der Waals surface area contributed by atoms with Crippen LogP contribution in [0.4, 0.5) is 8.78 Å². The lowest BCUT2D eigenvalue weighted by molar-refractivity contribution is -0.123. The minimum Gasteiger partial charge on any atom is -0.368 e. The summed E-state index contributed by atoms with van der Waals surface area (Å²) in [5.41, 5.74) is 7.28. The molecule has 0 saturated heterocycles. The molecule has 3 aromatic rings. The second kappa shape index (κ2) is 8.02. The standard InChI is InChI=1S/C23H19F2N3O2/c24-16-12-18-17(19(25)13-16)6-7-20(18)28(23(30)15-8-10-27-11-9-15)21(22(26)29)14-4-2-1-3-5-14/h1-5,8-13,20-21H,6-7H2,(H2,26,29)/t20-,21?/m1/s1.